The van der Waals surface area contributed by atoms with Crippen LogP contribution < -0.4 is 0 Å². The van der Waals surface area contributed by atoms with Crippen LogP contribution in [0.2, 0.25) is 0 Å². The third kappa shape index (κ3) is 4.03. The molecule has 0 aromatic heterocycles. The first-order valence-electron chi connectivity index (χ1n) is 6.54. The van der Waals surface area contributed by atoms with E-state index in [2.05, 4.69) is 59.4 Å². The Bertz CT molecular complexity index is 372. The van der Waals surface area contributed by atoms with Gasteiger partial charge in [-0.1, -0.05) is 58.9 Å². The van der Waals surface area contributed by atoms with E-state index in [9.17, 15) is 0 Å². The predicted molar refractivity (Wildman–Crippen MR) is 77.3 cm³/mol. The van der Waals surface area contributed by atoms with Crippen molar-refractivity contribution in [2.45, 2.75) is 47.0 Å². The Hall–Kier alpha value is -1.04. The highest BCUT2D eigenvalue weighted by atomic mass is 14.1. The normalized spacial score (nSPS) is 11.5. The van der Waals surface area contributed by atoms with Crippen molar-refractivity contribution in [3.63, 3.8) is 0 Å². The average molecular weight is 229 g/mol. The largest absolute Gasteiger partial charge is 0.102 e. The van der Waals surface area contributed by atoms with Gasteiger partial charge in [-0.2, -0.15) is 0 Å². The summed E-state index contributed by atoms with van der Waals surface area (Å²) in [5, 5.41) is 0. The van der Waals surface area contributed by atoms with Crippen LogP contribution in [0.3, 0.4) is 0 Å². The topological polar surface area (TPSA) is 0 Å². The Morgan fingerprint density at radius 2 is 1.82 bits per heavy atom. The van der Waals surface area contributed by atoms with Crippen molar-refractivity contribution < 1.29 is 0 Å². The molecule has 1 rings (SSSR count). The van der Waals surface area contributed by atoms with Gasteiger partial charge < -0.3 is 0 Å². The lowest BCUT2D eigenvalue weighted by Crippen LogP contribution is -2.00. The summed E-state index contributed by atoms with van der Waals surface area (Å²) in [5.41, 5.74) is 4.20. The summed E-state index contributed by atoms with van der Waals surface area (Å²) in [6.45, 7) is 15.0. The fourth-order valence-electron chi connectivity index (χ4n) is 1.99. The van der Waals surface area contributed by atoms with Gasteiger partial charge in [0.1, 0.15) is 0 Å². The van der Waals surface area contributed by atoms with Gasteiger partial charge in [0.25, 0.3) is 0 Å². The van der Waals surface area contributed by atoms with Crippen LogP contribution in [0.5, 0.6) is 0 Å². The first kappa shape index (κ1) is 14.0. The maximum absolute atomic E-state index is 3.87. The first-order valence-corrected chi connectivity index (χ1v) is 6.54. The highest BCUT2D eigenvalue weighted by Crippen LogP contribution is 2.25. The lowest BCUT2D eigenvalue weighted by Gasteiger charge is -2.15. The van der Waals surface area contributed by atoms with Crippen LogP contribution in [0.1, 0.15) is 57.2 Å². The molecule has 0 bridgehead atoms. The van der Waals surface area contributed by atoms with Crippen LogP contribution in [0.15, 0.2) is 30.9 Å². The molecule has 0 atom stereocenters. The molecular weight excluding hydrogens is 204 g/mol. The van der Waals surface area contributed by atoms with Gasteiger partial charge in [0.2, 0.25) is 0 Å². The van der Waals surface area contributed by atoms with Crippen LogP contribution in [-0.2, 0) is 6.42 Å². The van der Waals surface area contributed by atoms with Crippen LogP contribution >= 0.6 is 0 Å². The molecule has 0 amide bonds. The number of rotatable bonds is 5. The molecule has 0 N–H and O–H groups in total. The third-order valence-corrected chi connectivity index (χ3v) is 3.09. The van der Waals surface area contributed by atoms with Crippen LogP contribution in [-0.4, -0.2) is 0 Å². The monoisotopic (exact) mass is 229 g/mol. The Morgan fingerprint density at radius 3 is 2.29 bits per heavy atom. The van der Waals surface area contributed by atoms with E-state index in [0.29, 0.717) is 11.8 Å². The molecule has 0 heterocycles. The summed E-state index contributed by atoms with van der Waals surface area (Å²) in [5.74, 6) is 2.55. The first-order chi connectivity index (χ1) is 7.93. The van der Waals surface area contributed by atoms with Gasteiger partial charge in [-0.3, -0.25) is 0 Å². The van der Waals surface area contributed by atoms with E-state index >= 15 is 0 Å². The number of hydrogen-bond donors (Lipinski definition) is 0. The molecule has 0 aliphatic rings. The maximum atomic E-state index is 3.87. The smallest absolute Gasteiger partial charge is 0.0230 e. The Morgan fingerprint density at radius 1 is 1.18 bits per heavy atom. The maximum Gasteiger partial charge on any atom is 0.0230 e. The van der Waals surface area contributed by atoms with Gasteiger partial charge in [0.05, 0.1) is 0 Å². The van der Waals surface area contributed by atoms with E-state index < -0.39 is 0 Å². The quantitative estimate of drug-likeness (QED) is 0.656. The second-order valence-corrected chi connectivity index (χ2v) is 5.60. The van der Waals surface area contributed by atoms with E-state index in [1.54, 1.807) is 0 Å². The van der Waals surface area contributed by atoms with Crippen LogP contribution in [0.4, 0.5) is 0 Å². The Kier molecular flexibility index (Phi) is 4.99. The average Bonchev–Trinajstić information content (AvgIpc) is 2.26. The molecule has 0 nitrogen and oxygen atoms in total. The molecule has 1 aromatic rings. The lowest BCUT2D eigenvalue weighted by atomic mass is 9.90. The molecule has 0 saturated heterocycles. The fraction of sp³-hybridized carbons (Fsp3) is 0.471. The molecule has 1 aromatic carbocycles. The minimum absolute atomic E-state index is 0.582. The summed E-state index contributed by atoms with van der Waals surface area (Å²) in [6.07, 6.45) is 3.09. The predicted octanol–water partition coefficient (Wildman–Crippen LogP) is 5.14. The molecule has 0 heteroatoms. The summed E-state index contributed by atoms with van der Waals surface area (Å²) < 4.78 is 0. The van der Waals surface area contributed by atoms with Gasteiger partial charge >= 0.3 is 0 Å². The zero-order valence-corrected chi connectivity index (χ0v) is 11.9. The number of allylic oxidation sites excluding steroid dienone is 1. The van der Waals surface area contributed by atoms with E-state index in [1.165, 1.54) is 22.6 Å². The summed E-state index contributed by atoms with van der Waals surface area (Å²) in [4.78, 5) is 0. The lowest BCUT2D eigenvalue weighted by molar-refractivity contribution is 0.645. The van der Waals surface area contributed by atoms with Gasteiger partial charge in [-0.15, -0.1) is 6.58 Å². The molecule has 0 spiro atoms. The van der Waals surface area contributed by atoms with Gasteiger partial charge in [0, 0.05) is 5.92 Å². The van der Waals surface area contributed by atoms with E-state index in [0.717, 1.165) is 6.42 Å². The Labute approximate surface area is 107 Å². The summed E-state index contributed by atoms with van der Waals surface area (Å²) >= 11 is 0. The van der Waals surface area contributed by atoms with Crippen molar-refractivity contribution in [3.8, 4) is 0 Å². The summed E-state index contributed by atoms with van der Waals surface area (Å²) in [6, 6.07) is 6.96. The molecular formula is C17H25. The standard InChI is InChI=1S/C17H25/c1-7-14(6)17-10-15(8-12(2)3)9-16(11-17)13(4)5/h7,9-13H,1,8H2,2-6H3. The van der Waals surface area contributed by atoms with Crippen molar-refractivity contribution in [2.24, 2.45) is 5.92 Å². The van der Waals surface area contributed by atoms with Crippen LogP contribution in [0, 0.1) is 11.8 Å². The molecule has 0 saturated carbocycles. The van der Waals surface area contributed by atoms with Gasteiger partial charge in [-0.25, -0.2) is 0 Å². The fourth-order valence-corrected chi connectivity index (χ4v) is 1.99. The van der Waals surface area contributed by atoms with Crippen molar-refractivity contribution in [3.05, 3.63) is 53.5 Å². The van der Waals surface area contributed by atoms with Gasteiger partial charge in [0.15, 0.2) is 0 Å². The van der Waals surface area contributed by atoms with Crippen molar-refractivity contribution in [2.75, 3.05) is 0 Å². The Balaban J connectivity index is 3.13. The van der Waals surface area contributed by atoms with E-state index in [4.69, 9.17) is 0 Å². The zero-order chi connectivity index (χ0) is 13.0. The van der Waals surface area contributed by atoms with Gasteiger partial charge in [-0.05, 0) is 34.9 Å². The SMILES string of the molecule is C=C[C](C)c1cc(CC(C)C)cc(C(C)C)c1. The van der Waals surface area contributed by atoms with Crippen molar-refractivity contribution in [1.29, 1.82) is 0 Å². The zero-order valence-electron chi connectivity index (χ0n) is 11.9. The third-order valence-electron chi connectivity index (χ3n) is 3.09. The molecule has 0 aliphatic heterocycles. The van der Waals surface area contributed by atoms with Crippen molar-refractivity contribution in [1.82, 2.24) is 0 Å². The number of hydrogen-bond acceptors (Lipinski definition) is 0. The molecule has 17 heavy (non-hydrogen) atoms. The van der Waals surface area contributed by atoms with Crippen LogP contribution in [0.25, 0.3) is 0 Å². The minimum atomic E-state index is 0.582. The highest BCUT2D eigenvalue weighted by molar-refractivity contribution is 5.42. The second kappa shape index (κ2) is 6.05. The van der Waals surface area contributed by atoms with Crippen molar-refractivity contribution >= 4 is 0 Å². The molecule has 0 aliphatic carbocycles. The molecule has 0 fully saturated rings. The molecule has 0 unspecified atom stereocenters. The summed E-state index contributed by atoms with van der Waals surface area (Å²) in [7, 11) is 0. The minimum Gasteiger partial charge on any atom is -0.102 e. The second-order valence-electron chi connectivity index (χ2n) is 5.60. The highest BCUT2D eigenvalue weighted by Gasteiger charge is 2.09. The number of benzene rings is 1. The van der Waals surface area contributed by atoms with E-state index in [-0.39, 0.29) is 0 Å². The van der Waals surface area contributed by atoms with E-state index in [1.807, 2.05) is 6.08 Å². The molecule has 93 valence electrons. The molecule has 1 radical (unpaired) electrons.